The fourth-order valence-electron chi connectivity index (χ4n) is 3.65. The summed E-state index contributed by atoms with van der Waals surface area (Å²) in [6, 6.07) is 3.72. The van der Waals surface area contributed by atoms with E-state index in [0.717, 1.165) is 17.2 Å². The van der Waals surface area contributed by atoms with E-state index in [-0.39, 0.29) is 52.5 Å². The van der Waals surface area contributed by atoms with Crippen LogP contribution in [0, 0.1) is 0 Å². The second-order valence-corrected chi connectivity index (χ2v) is 8.42. The molecule has 2 aromatic carbocycles. The minimum atomic E-state index is -1.71. The summed E-state index contributed by atoms with van der Waals surface area (Å²) in [6.07, 6.45) is 1.10. The number of aromatic hydroxyl groups is 4. The van der Waals surface area contributed by atoms with Crippen molar-refractivity contribution in [3.05, 3.63) is 63.8 Å². The van der Waals surface area contributed by atoms with E-state index in [0.29, 0.717) is 5.56 Å². The summed E-state index contributed by atoms with van der Waals surface area (Å²) < 4.78 is 5.95. The number of carbonyl (C=O) groups is 1. The van der Waals surface area contributed by atoms with E-state index in [4.69, 9.17) is 4.74 Å². The Morgan fingerprint density at radius 2 is 1.53 bits per heavy atom. The fourth-order valence-corrected chi connectivity index (χ4v) is 3.65. The largest absolute Gasteiger partial charge is 0.508 e. The first-order valence-corrected chi connectivity index (χ1v) is 10.3. The van der Waals surface area contributed by atoms with Crippen LogP contribution in [-0.2, 0) is 12.8 Å². The number of aliphatic hydroxyl groups excluding tert-OH is 1. The van der Waals surface area contributed by atoms with Gasteiger partial charge in [-0.1, -0.05) is 23.3 Å². The Morgan fingerprint density at radius 1 is 0.938 bits per heavy atom. The minimum Gasteiger partial charge on any atom is -0.508 e. The highest BCUT2D eigenvalue weighted by molar-refractivity contribution is 6.06. The van der Waals surface area contributed by atoms with Gasteiger partial charge in [0.1, 0.15) is 34.3 Å². The molecule has 170 valence electrons. The van der Waals surface area contributed by atoms with Crippen LogP contribution in [0.25, 0.3) is 0 Å². The Labute approximate surface area is 186 Å². The van der Waals surface area contributed by atoms with Gasteiger partial charge in [-0.05, 0) is 52.7 Å². The molecule has 0 saturated carbocycles. The molecule has 1 aliphatic heterocycles. The number of aliphatic hydroxyl groups is 1. The second-order valence-electron chi connectivity index (χ2n) is 8.42. The lowest BCUT2D eigenvalue weighted by molar-refractivity contribution is 0.0198. The lowest BCUT2D eigenvalue weighted by Gasteiger charge is -2.32. The molecular formula is C25H28O7. The molecule has 0 bridgehead atoms. The van der Waals surface area contributed by atoms with Crippen LogP contribution in [0.4, 0.5) is 0 Å². The third-order valence-corrected chi connectivity index (χ3v) is 5.39. The molecule has 3 rings (SSSR count). The number of benzene rings is 2. The van der Waals surface area contributed by atoms with Crippen molar-refractivity contribution in [2.75, 3.05) is 0 Å². The normalized spacial score (nSPS) is 17.3. The quantitative estimate of drug-likeness (QED) is 0.441. The molecule has 32 heavy (non-hydrogen) atoms. The number of fused-ring (bicyclic) bond motifs is 1. The van der Waals surface area contributed by atoms with Crippen LogP contribution < -0.4 is 4.74 Å². The molecule has 5 N–H and O–H groups in total. The summed E-state index contributed by atoms with van der Waals surface area (Å²) in [5, 5.41) is 52.4. The number of ether oxygens (including phenoxy) is 1. The zero-order valence-electron chi connectivity index (χ0n) is 18.5. The molecule has 2 aromatic rings. The molecule has 0 fully saturated rings. The summed E-state index contributed by atoms with van der Waals surface area (Å²) in [4.78, 5) is 13.2. The zero-order chi connectivity index (χ0) is 23.7. The second kappa shape index (κ2) is 8.96. The number of phenolic OH excluding ortho intramolecular Hbond substituents is 4. The average molecular weight is 440 g/mol. The van der Waals surface area contributed by atoms with Gasteiger partial charge in [-0.25, -0.2) is 0 Å². The molecule has 0 spiro atoms. The first-order chi connectivity index (χ1) is 15.0. The molecule has 7 heteroatoms. The van der Waals surface area contributed by atoms with Crippen molar-refractivity contribution in [3.8, 4) is 28.7 Å². The minimum absolute atomic E-state index is 0.0359. The Hall–Kier alpha value is -3.45. The highest BCUT2D eigenvalue weighted by atomic mass is 16.5. The monoisotopic (exact) mass is 440 g/mol. The van der Waals surface area contributed by atoms with Gasteiger partial charge in [-0.2, -0.15) is 0 Å². The smallest absolute Gasteiger partial charge is 0.202 e. The van der Waals surface area contributed by atoms with Gasteiger partial charge in [0.2, 0.25) is 5.78 Å². The van der Waals surface area contributed by atoms with Crippen molar-refractivity contribution in [1.82, 2.24) is 0 Å². The highest BCUT2D eigenvalue weighted by Gasteiger charge is 2.42. The van der Waals surface area contributed by atoms with Crippen LogP contribution in [-0.4, -0.2) is 37.4 Å². The number of Topliss-reactive ketones (excluding diaryl/α,β-unsaturated/α-hetero) is 1. The molecular weight excluding hydrogens is 412 g/mol. The Morgan fingerprint density at radius 3 is 2.09 bits per heavy atom. The van der Waals surface area contributed by atoms with Gasteiger partial charge >= 0.3 is 0 Å². The summed E-state index contributed by atoms with van der Waals surface area (Å²) in [6.45, 7) is 7.54. The summed E-state index contributed by atoms with van der Waals surface area (Å²) in [7, 11) is 0. The van der Waals surface area contributed by atoms with Crippen molar-refractivity contribution in [1.29, 1.82) is 0 Å². The van der Waals surface area contributed by atoms with E-state index < -0.39 is 23.7 Å². The van der Waals surface area contributed by atoms with Crippen LogP contribution in [0.3, 0.4) is 0 Å². The van der Waals surface area contributed by atoms with E-state index in [2.05, 4.69) is 0 Å². The van der Waals surface area contributed by atoms with Crippen molar-refractivity contribution >= 4 is 5.78 Å². The van der Waals surface area contributed by atoms with E-state index in [1.54, 1.807) is 0 Å². The number of hydrogen-bond donors (Lipinski definition) is 5. The molecule has 7 nitrogen and oxygen atoms in total. The fraction of sp³-hybridized carbons (Fsp3) is 0.320. The lowest BCUT2D eigenvalue weighted by Crippen LogP contribution is -2.37. The third kappa shape index (κ3) is 4.29. The molecule has 1 aliphatic rings. The topological polar surface area (TPSA) is 127 Å². The van der Waals surface area contributed by atoms with E-state index in [9.17, 15) is 30.3 Å². The van der Waals surface area contributed by atoms with Crippen molar-refractivity contribution in [2.24, 2.45) is 0 Å². The number of carbonyl (C=O) groups excluding carboxylic acids is 1. The Bertz CT molecular complexity index is 1120. The van der Waals surface area contributed by atoms with Gasteiger partial charge in [-0.3, -0.25) is 4.79 Å². The van der Waals surface area contributed by atoms with E-state index >= 15 is 0 Å². The molecule has 0 unspecified atom stereocenters. The SMILES string of the molecule is CC(C)=CCc1c(O)c(CC=C(C)C)c2c(c1O)C(=O)[C@H](O)[C@H](c1ccc(O)cc1O)O2. The van der Waals surface area contributed by atoms with Crippen LogP contribution >= 0.6 is 0 Å². The lowest BCUT2D eigenvalue weighted by atomic mass is 9.87. The van der Waals surface area contributed by atoms with Gasteiger partial charge in [-0.15, -0.1) is 0 Å². The number of hydrogen-bond acceptors (Lipinski definition) is 7. The van der Waals surface area contributed by atoms with Crippen molar-refractivity contribution in [2.45, 2.75) is 52.7 Å². The van der Waals surface area contributed by atoms with Gasteiger partial charge in [0.25, 0.3) is 0 Å². The van der Waals surface area contributed by atoms with E-state index in [1.165, 1.54) is 12.1 Å². The van der Waals surface area contributed by atoms with Crippen molar-refractivity contribution < 1.29 is 35.1 Å². The summed E-state index contributed by atoms with van der Waals surface area (Å²) in [5.74, 6) is -1.98. The number of rotatable bonds is 5. The first kappa shape index (κ1) is 23.2. The average Bonchev–Trinajstić information content (AvgIpc) is 2.70. The Balaban J connectivity index is 2.24. The first-order valence-electron chi connectivity index (χ1n) is 10.3. The third-order valence-electron chi connectivity index (χ3n) is 5.39. The maximum Gasteiger partial charge on any atom is 0.202 e. The highest BCUT2D eigenvalue weighted by Crippen LogP contribution is 2.49. The molecule has 1 heterocycles. The molecule has 0 aliphatic carbocycles. The summed E-state index contributed by atoms with van der Waals surface area (Å²) in [5.41, 5.74) is 2.33. The molecule has 0 radical (unpaired) electrons. The maximum absolute atomic E-state index is 13.2. The van der Waals surface area contributed by atoms with Crippen LogP contribution in [0.1, 0.15) is 60.8 Å². The van der Waals surface area contributed by atoms with Gasteiger partial charge in [0.15, 0.2) is 12.2 Å². The molecule has 2 atom stereocenters. The molecule has 0 saturated heterocycles. The van der Waals surface area contributed by atoms with Gasteiger partial charge < -0.3 is 30.3 Å². The van der Waals surface area contributed by atoms with Crippen LogP contribution in [0.2, 0.25) is 0 Å². The van der Waals surface area contributed by atoms with Crippen LogP contribution in [0.15, 0.2) is 41.5 Å². The van der Waals surface area contributed by atoms with Gasteiger partial charge in [0, 0.05) is 22.8 Å². The van der Waals surface area contributed by atoms with E-state index in [1.807, 2.05) is 39.8 Å². The molecule has 0 aromatic heterocycles. The predicted octanol–water partition coefficient (Wildman–Crippen LogP) is 4.20. The number of phenols is 4. The number of allylic oxidation sites excluding steroid dienone is 4. The van der Waals surface area contributed by atoms with Crippen LogP contribution in [0.5, 0.6) is 28.7 Å². The molecule has 0 amide bonds. The maximum atomic E-state index is 13.2. The summed E-state index contributed by atoms with van der Waals surface area (Å²) >= 11 is 0. The van der Waals surface area contributed by atoms with Crippen molar-refractivity contribution in [3.63, 3.8) is 0 Å². The van der Waals surface area contributed by atoms with Gasteiger partial charge in [0.05, 0.1) is 0 Å². The standard InChI is InChI=1S/C25H28O7/c1-12(2)5-8-16-20(28)17(9-6-13(3)4)24-19(21(16)29)22(30)23(31)25(32-24)15-10-7-14(26)11-18(15)27/h5-7,10-11,23,25-29,31H,8-9H2,1-4H3/t23-,25-/m0/s1. The Kier molecular flexibility index (Phi) is 6.50. The number of ketones is 1. The zero-order valence-corrected chi connectivity index (χ0v) is 18.5. The predicted molar refractivity (Wildman–Crippen MR) is 120 cm³/mol.